The van der Waals surface area contributed by atoms with E-state index in [-0.39, 0.29) is 18.2 Å². The number of fused-ring (bicyclic) bond motifs is 1. The van der Waals surface area contributed by atoms with Gasteiger partial charge in [0.1, 0.15) is 5.65 Å². The number of hydrogen-bond donors (Lipinski definition) is 3. The third-order valence-electron chi connectivity index (χ3n) is 4.44. The third kappa shape index (κ3) is 5.17. The van der Waals surface area contributed by atoms with E-state index in [2.05, 4.69) is 39.3 Å². The van der Waals surface area contributed by atoms with Gasteiger partial charge in [-0.25, -0.2) is 9.78 Å². The van der Waals surface area contributed by atoms with Crippen LogP contribution in [0.2, 0.25) is 0 Å². The van der Waals surface area contributed by atoms with Crippen molar-refractivity contribution in [2.45, 2.75) is 38.8 Å². The quantitative estimate of drug-likeness (QED) is 0.751. The molecule has 3 heterocycles. The highest BCUT2D eigenvalue weighted by Crippen LogP contribution is 2.15. The molecule has 0 saturated carbocycles. The Labute approximate surface area is 148 Å². The van der Waals surface area contributed by atoms with Crippen molar-refractivity contribution in [2.75, 3.05) is 31.6 Å². The van der Waals surface area contributed by atoms with Gasteiger partial charge in [0.15, 0.2) is 0 Å². The van der Waals surface area contributed by atoms with Gasteiger partial charge >= 0.3 is 6.03 Å². The summed E-state index contributed by atoms with van der Waals surface area (Å²) in [6.45, 7) is 7.81. The lowest BCUT2D eigenvalue weighted by molar-refractivity contribution is 0.0530. The number of hydrogen-bond acceptors (Lipinski definition) is 4. The summed E-state index contributed by atoms with van der Waals surface area (Å²) in [6, 6.07) is 3.89. The van der Waals surface area contributed by atoms with Gasteiger partial charge in [0.2, 0.25) is 0 Å². The molecule has 2 aromatic heterocycles. The van der Waals surface area contributed by atoms with E-state index in [4.69, 9.17) is 4.74 Å². The fourth-order valence-electron chi connectivity index (χ4n) is 3.08. The third-order valence-corrected chi connectivity index (χ3v) is 4.44. The number of pyridine rings is 1. The highest BCUT2D eigenvalue weighted by atomic mass is 16.5. The summed E-state index contributed by atoms with van der Waals surface area (Å²) in [5.41, 5.74) is 1.52. The average Bonchev–Trinajstić information content (AvgIpc) is 3.04. The van der Waals surface area contributed by atoms with Crippen molar-refractivity contribution in [3.05, 3.63) is 24.5 Å². The summed E-state index contributed by atoms with van der Waals surface area (Å²) in [4.78, 5) is 21.9. The van der Waals surface area contributed by atoms with Gasteiger partial charge in [-0.15, -0.1) is 0 Å². The Morgan fingerprint density at radius 3 is 3.00 bits per heavy atom. The monoisotopic (exact) mass is 345 g/mol. The predicted molar refractivity (Wildman–Crippen MR) is 98.8 cm³/mol. The van der Waals surface area contributed by atoms with Crippen LogP contribution in [0.15, 0.2) is 24.5 Å². The van der Waals surface area contributed by atoms with Gasteiger partial charge in [0, 0.05) is 37.3 Å². The maximum atomic E-state index is 12.2. The Hall–Kier alpha value is -2.12. The molecule has 7 nitrogen and oxygen atoms in total. The zero-order valence-electron chi connectivity index (χ0n) is 14.9. The number of anilines is 1. The number of likely N-dealkylation sites (tertiary alicyclic amines) is 1. The first-order valence-corrected chi connectivity index (χ1v) is 8.95. The minimum Gasteiger partial charge on any atom is -0.377 e. The van der Waals surface area contributed by atoms with Gasteiger partial charge in [-0.3, -0.25) is 0 Å². The first-order valence-electron chi connectivity index (χ1n) is 8.95. The van der Waals surface area contributed by atoms with Crippen LogP contribution in [0.5, 0.6) is 0 Å². The van der Waals surface area contributed by atoms with Gasteiger partial charge in [0.05, 0.1) is 24.6 Å². The molecule has 7 heteroatoms. The van der Waals surface area contributed by atoms with E-state index in [9.17, 15) is 4.79 Å². The molecule has 136 valence electrons. The Kier molecular flexibility index (Phi) is 5.88. The summed E-state index contributed by atoms with van der Waals surface area (Å²) in [5.74, 6) is 0. The zero-order chi connectivity index (χ0) is 17.6. The van der Waals surface area contributed by atoms with Gasteiger partial charge in [-0.2, -0.15) is 0 Å². The number of urea groups is 1. The molecule has 0 aliphatic carbocycles. The molecular formula is C18H27N5O2. The topological polar surface area (TPSA) is 82.3 Å². The summed E-state index contributed by atoms with van der Waals surface area (Å²) >= 11 is 0. The largest absolute Gasteiger partial charge is 0.377 e. The molecule has 0 aromatic carbocycles. The highest BCUT2D eigenvalue weighted by molar-refractivity contribution is 5.91. The van der Waals surface area contributed by atoms with Crippen LogP contribution in [0, 0.1) is 0 Å². The molecule has 0 unspecified atom stereocenters. The highest BCUT2D eigenvalue weighted by Gasteiger charge is 2.20. The van der Waals surface area contributed by atoms with E-state index in [0.717, 1.165) is 50.1 Å². The summed E-state index contributed by atoms with van der Waals surface area (Å²) in [5, 5.41) is 6.91. The first-order chi connectivity index (χ1) is 12.1. The molecule has 1 fully saturated rings. The fraction of sp³-hybridized carbons (Fsp3) is 0.556. The van der Waals surface area contributed by atoms with Crippen molar-refractivity contribution in [3.63, 3.8) is 0 Å². The zero-order valence-corrected chi connectivity index (χ0v) is 14.9. The van der Waals surface area contributed by atoms with Gasteiger partial charge in [-0.05, 0) is 38.8 Å². The summed E-state index contributed by atoms with van der Waals surface area (Å²) in [7, 11) is 0. The lowest BCUT2D eigenvalue weighted by Crippen LogP contribution is -2.46. The lowest BCUT2D eigenvalue weighted by Gasteiger charge is -2.32. The van der Waals surface area contributed by atoms with Crippen molar-refractivity contribution in [1.29, 1.82) is 0 Å². The minimum atomic E-state index is -0.168. The number of nitrogens with one attached hydrogen (secondary N) is 3. The van der Waals surface area contributed by atoms with Crippen molar-refractivity contribution < 1.29 is 9.53 Å². The molecule has 2 amide bonds. The van der Waals surface area contributed by atoms with E-state index >= 15 is 0 Å². The van der Waals surface area contributed by atoms with Gasteiger partial charge < -0.3 is 25.3 Å². The smallest absolute Gasteiger partial charge is 0.319 e. The Morgan fingerprint density at radius 1 is 1.44 bits per heavy atom. The van der Waals surface area contributed by atoms with E-state index in [0.29, 0.717) is 5.69 Å². The van der Waals surface area contributed by atoms with E-state index in [1.807, 2.05) is 18.3 Å². The summed E-state index contributed by atoms with van der Waals surface area (Å²) < 4.78 is 5.60. The normalized spacial score (nSPS) is 16.4. The molecule has 3 rings (SSSR count). The van der Waals surface area contributed by atoms with Crippen LogP contribution in [0.25, 0.3) is 11.0 Å². The number of carbonyl (C=O) groups is 1. The number of piperidine rings is 1. The Bertz CT molecular complexity index is 692. The summed E-state index contributed by atoms with van der Waals surface area (Å²) in [6.07, 6.45) is 5.70. The molecular weight excluding hydrogens is 318 g/mol. The molecule has 3 N–H and O–H groups in total. The van der Waals surface area contributed by atoms with Crippen LogP contribution < -0.4 is 10.6 Å². The van der Waals surface area contributed by atoms with Crippen molar-refractivity contribution in [1.82, 2.24) is 20.2 Å². The van der Waals surface area contributed by atoms with Crippen LogP contribution in [-0.4, -0.2) is 59.3 Å². The predicted octanol–water partition coefficient (Wildman–Crippen LogP) is 2.57. The number of aromatic nitrogens is 2. The van der Waals surface area contributed by atoms with E-state index in [1.165, 1.54) is 0 Å². The van der Waals surface area contributed by atoms with Crippen molar-refractivity contribution >= 4 is 22.8 Å². The number of aromatic amines is 1. The van der Waals surface area contributed by atoms with Crippen LogP contribution in [0.4, 0.5) is 10.5 Å². The van der Waals surface area contributed by atoms with Gasteiger partial charge in [-0.1, -0.05) is 0 Å². The SMILES string of the molecule is CC(C)OCCN1CCC(NC(=O)Nc2cnc3[nH]ccc3c2)CC1. The first kappa shape index (κ1) is 17.7. The Balaban J connectivity index is 1.40. The minimum absolute atomic E-state index is 0.168. The van der Waals surface area contributed by atoms with Crippen LogP contribution in [-0.2, 0) is 4.74 Å². The van der Waals surface area contributed by atoms with Crippen molar-refractivity contribution in [3.8, 4) is 0 Å². The average molecular weight is 345 g/mol. The van der Waals surface area contributed by atoms with Crippen LogP contribution in [0.3, 0.4) is 0 Å². The Morgan fingerprint density at radius 2 is 2.24 bits per heavy atom. The molecule has 25 heavy (non-hydrogen) atoms. The second-order valence-corrected chi connectivity index (χ2v) is 6.77. The molecule has 2 aromatic rings. The second-order valence-electron chi connectivity index (χ2n) is 6.77. The number of H-pyrrole nitrogens is 1. The van der Waals surface area contributed by atoms with Crippen LogP contribution in [0.1, 0.15) is 26.7 Å². The fourth-order valence-corrected chi connectivity index (χ4v) is 3.08. The second kappa shape index (κ2) is 8.31. The molecule has 0 radical (unpaired) electrons. The number of amides is 2. The van der Waals surface area contributed by atoms with Gasteiger partial charge in [0.25, 0.3) is 0 Å². The lowest BCUT2D eigenvalue weighted by atomic mass is 10.1. The number of nitrogens with zero attached hydrogens (tertiary/aromatic N) is 2. The number of carbonyl (C=O) groups excluding carboxylic acids is 1. The molecule has 1 saturated heterocycles. The van der Waals surface area contributed by atoms with E-state index in [1.54, 1.807) is 6.20 Å². The standard InChI is InChI=1S/C18H27N5O2/c1-13(2)25-10-9-23-7-4-15(5-8-23)21-18(24)22-16-11-14-3-6-19-17(14)20-12-16/h3,6,11-13,15H,4-5,7-10H2,1-2H3,(H,19,20)(H2,21,22,24). The molecule has 1 aliphatic rings. The maximum absolute atomic E-state index is 12.2. The van der Waals surface area contributed by atoms with Crippen molar-refractivity contribution in [2.24, 2.45) is 0 Å². The molecule has 1 aliphatic heterocycles. The molecule has 0 atom stereocenters. The molecule has 0 bridgehead atoms. The molecule has 0 spiro atoms. The maximum Gasteiger partial charge on any atom is 0.319 e. The van der Waals surface area contributed by atoms with E-state index < -0.39 is 0 Å². The van der Waals surface area contributed by atoms with Crippen LogP contribution >= 0.6 is 0 Å². The number of ether oxygens (including phenoxy) is 1. The number of rotatable bonds is 6.